The Balaban J connectivity index is 4.41. The normalized spacial score (nSPS) is 13.0. The summed E-state index contributed by atoms with van der Waals surface area (Å²) in [5, 5.41) is 0. The molecule has 448 valence electrons. The maximum absolute atomic E-state index is 12.9. The Morgan fingerprint density at radius 3 is 0.772 bits per heavy atom. The molecule has 0 aromatic heterocycles. The Hall–Kier alpha value is -4.45. The van der Waals surface area contributed by atoms with Crippen molar-refractivity contribution in [2.45, 2.75) is 297 Å². The van der Waals surface area contributed by atoms with Crippen LogP contribution in [-0.2, 0) is 28.6 Å². The summed E-state index contributed by atoms with van der Waals surface area (Å²) in [5.41, 5.74) is 0. The largest absolute Gasteiger partial charge is 0.462 e. The van der Waals surface area contributed by atoms with E-state index in [1.54, 1.807) is 0 Å². The zero-order valence-corrected chi connectivity index (χ0v) is 51.3. The number of unbranched alkanes of at least 4 members (excludes halogenated alkanes) is 25. The van der Waals surface area contributed by atoms with E-state index in [1.807, 2.05) is 0 Å². The standard InChI is InChI=1S/C73H120O6/c1-4-7-10-13-16-19-22-25-28-30-32-34-35-36-37-39-40-42-45-48-51-54-57-60-63-66-72(75)78-69-70(68-77-71(74)65-62-59-56-53-50-47-44-27-24-21-18-15-12-9-6-3)79-73(76)67-64-61-58-55-52-49-46-43-41-38-33-31-29-26-23-20-17-14-11-8-5-2/h7-8,10-11,16-21,25-29,32-34,36-38,44,70H,4-6,9,12-15,22-24,30-31,35,39-43,45-69H2,1-3H3/b10-7-,11-8-,19-16-,20-17-,21-18-,28-25-,29-26-,34-32-,37-36-,38-33-,44-27-. The lowest BCUT2D eigenvalue weighted by molar-refractivity contribution is -0.167. The lowest BCUT2D eigenvalue weighted by Gasteiger charge is -2.18. The molecule has 79 heavy (non-hydrogen) atoms. The molecule has 0 heterocycles. The average molecular weight is 1090 g/mol. The molecule has 6 heteroatoms. The maximum atomic E-state index is 12.9. The highest BCUT2D eigenvalue weighted by molar-refractivity contribution is 5.71. The van der Waals surface area contributed by atoms with Crippen molar-refractivity contribution in [2.75, 3.05) is 13.2 Å². The van der Waals surface area contributed by atoms with E-state index in [0.29, 0.717) is 19.3 Å². The summed E-state index contributed by atoms with van der Waals surface area (Å²) in [5.74, 6) is -0.916. The van der Waals surface area contributed by atoms with E-state index in [0.717, 1.165) is 154 Å². The molecule has 0 rings (SSSR count). The number of rotatable bonds is 58. The fourth-order valence-electron chi connectivity index (χ4n) is 8.79. The highest BCUT2D eigenvalue weighted by Crippen LogP contribution is 2.15. The molecule has 0 fully saturated rings. The Morgan fingerprint density at radius 2 is 0.494 bits per heavy atom. The van der Waals surface area contributed by atoms with E-state index in [2.05, 4.69) is 154 Å². The summed E-state index contributed by atoms with van der Waals surface area (Å²) in [6.07, 6.45) is 93.1. The summed E-state index contributed by atoms with van der Waals surface area (Å²) in [6.45, 7) is 6.38. The molecule has 1 atom stereocenters. The quantitative estimate of drug-likeness (QED) is 0.0261. The van der Waals surface area contributed by atoms with Crippen LogP contribution < -0.4 is 0 Å². The van der Waals surface area contributed by atoms with Gasteiger partial charge in [0, 0.05) is 19.3 Å². The van der Waals surface area contributed by atoms with Crippen molar-refractivity contribution >= 4 is 17.9 Å². The van der Waals surface area contributed by atoms with E-state index in [-0.39, 0.29) is 31.1 Å². The first-order valence-corrected chi connectivity index (χ1v) is 32.7. The number of ether oxygens (including phenoxy) is 3. The van der Waals surface area contributed by atoms with Crippen molar-refractivity contribution in [3.05, 3.63) is 134 Å². The predicted molar refractivity (Wildman–Crippen MR) is 343 cm³/mol. The highest BCUT2D eigenvalue weighted by Gasteiger charge is 2.19. The van der Waals surface area contributed by atoms with Crippen molar-refractivity contribution in [3.63, 3.8) is 0 Å². The molecule has 0 aliphatic heterocycles. The van der Waals surface area contributed by atoms with Gasteiger partial charge in [0.25, 0.3) is 0 Å². The third kappa shape index (κ3) is 64.3. The molecule has 0 aliphatic carbocycles. The van der Waals surface area contributed by atoms with Crippen molar-refractivity contribution in [2.24, 2.45) is 0 Å². The van der Waals surface area contributed by atoms with Crippen molar-refractivity contribution in [1.29, 1.82) is 0 Å². The first-order chi connectivity index (χ1) is 39.0. The second-order valence-corrected chi connectivity index (χ2v) is 21.3. The lowest BCUT2D eigenvalue weighted by atomic mass is 10.1. The van der Waals surface area contributed by atoms with Gasteiger partial charge in [-0.3, -0.25) is 14.4 Å². The molecule has 0 aliphatic rings. The minimum Gasteiger partial charge on any atom is -0.462 e. The molecule has 1 unspecified atom stereocenters. The van der Waals surface area contributed by atoms with Gasteiger partial charge in [0.05, 0.1) is 0 Å². The minimum atomic E-state index is -0.797. The summed E-state index contributed by atoms with van der Waals surface area (Å²) < 4.78 is 16.9. The van der Waals surface area contributed by atoms with Crippen molar-refractivity contribution < 1.29 is 28.6 Å². The Kier molecular flexibility index (Phi) is 62.3. The van der Waals surface area contributed by atoms with Crippen molar-refractivity contribution in [3.8, 4) is 0 Å². The zero-order chi connectivity index (χ0) is 57.1. The van der Waals surface area contributed by atoms with Crippen LogP contribution in [0.1, 0.15) is 290 Å². The number of carbonyl (C=O) groups is 3. The van der Waals surface area contributed by atoms with Gasteiger partial charge < -0.3 is 14.2 Å². The number of hydrogen-bond donors (Lipinski definition) is 0. The molecular formula is C73H120O6. The highest BCUT2D eigenvalue weighted by atomic mass is 16.6. The van der Waals surface area contributed by atoms with Gasteiger partial charge in [0.2, 0.25) is 0 Å². The molecule has 0 radical (unpaired) electrons. The van der Waals surface area contributed by atoms with Crippen LogP contribution >= 0.6 is 0 Å². The molecule has 0 N–H and O–H groups in total. The molecule has 0 bridgehead atoms. The van der Waals surface area contributed by atoms with Gasteiger partial charge in [0.1, 0.15) is 13.2 Å². The van der Waals surface area contributed by atoms with Crippen LogP contribution in [0, 0.1) is 0 Å². The van der Waals surface area contributed by atoms with E-state index < -0.39 is 6.10 Å². The average Bonchev–Trinajstić information content (AvgIpc) is 3.45. The number of carbonyl (C=O) groups excluding carboxylic acids is 3. The van der Waals surface area contributed by atoms with E-state index in [4.69, 9.17) is 14.2 Å². The summed E-state index contributed by atoms with van der Waals surface area (Å²) >= 11 is 0. The maximum Gasteiger partial charge on any atom is 0.306 e. The van der Waals surface area contributed by atoms with Crippen molar-refractivity contribution in [1.82, 2.24) is 0 Å². The van der Waals surface area contributed by atoms with Crippen LogP contribution in [0.4, 0.5) is 0 Å². The van der Waals surface area contributed by atoms with Gasteiger partial charge in [-0.15, -0.1) is 0 Å². The van der Waals surface area contributed by atoms with Gasteiger partial charge in [-0.2, -0.15) is 0 Å². The summed E-state index contributed by atoms with van der Waals surface area (Å²) in [7, 11) is 0. The summed E-state index contributed by atoms with van der Waals surface area (Å²) in [4.78, 5) is 38.4. The molecule has 6 nitrogen and oxygen atoms in total. The first kappa shape index (κ1) is 74.5. The second-order valence-electron chi connectivity index (χ2n) is 21.3. The number of esters is 3. The fourth-order valence-corrected chi connectivity index (χ4v) is 8.79. The fraction of sp³-hybridized carbons (Fsp3) is 0.658. The van der Waals surface area contributed by atoms with E-state index in [9.17, 15) is 14.4 Å². The molecule has 0 aromatic carbocycles. The van der Waals surface area contributed by atoms with Crippen LogP contribution in [0.2, 0.25) is 0 Å². The minimum absolute atomic E-state index is 0.0924. The first-order valence-electron chi connectivity index (χ1n) is 32.7. The Bertz CT molecular complexity index is 1680. The zero-order valence-electron chi connectivity index (χ0n) is 51.3. The second kappa shape index (κ2) is 66.1. The molecule has 0 aromatic rings. The lowest BCUT2D eigenvalue weighted by Crippen LogP contribution is -2.30. The Morgan fingerprint density at radius 1 is 0.266 bits per heavy atom. The third-order valence-corrected chi connectivity index (χ3v) is 13.6. The van der Waals surface area contributed by atoms with E-state index in [1.165, 1.54) is 96.3 Å². The van der Waals surface area contributed by atoms with Crippen LogP contribution in [-0.4, -0.2) is 37.2 Å². The number of hydrogen-bond acceptors (Lipinski definition) is 6. The SMILES string of the molecule is CC/C=C\C/C=C\C/C=C\C/C=C\C/C=C\CCCCCCCCCCCC(=O)OCC(COC(=O)CCCCCCC/C=C\C/C=C\CCCCC)OC(=O)CCCCCCCCCC/C=C\C/C=C\C/C=C\C/C=C\CC. The van der Waals surface area contributed by atoms with E-state index >= 15 is 0 Å². The molecule has 0 amide bonds. The van der Waals surface area contributed by atoms with Gasteiger partial charge >= 0.3 is 17.9 Å². The van der Waals surface area contributed by atoms with Crippen LogP contribution in [0.15, 0.2) is 134 Å². The smallest absolute Gasteiger partial charge is 0.306 e. The molecule has 0 spiro atoms. The predicted octanol–water partition coefficient (Wildman–Crippen LogP) is 22.5. The van der Waals surface area contributed by atoms with Crippen LogP contribution in [0.3, 0.4) is 0 Å². The van der Waals surface area contributed by atoms with Gasteiger partial charge in [-0.1, -0.05) is 270 Å². The number of allylic oxidation sites excluding steroid dienone is 22. The molecule has 0 saturated heterocycles. The van der Waals surface area contributed by atoms with Gasteiger partial charge in [0.15, 0.2) is 6.10 Å². The Labute approximate surface area is 487 Å². The molecular weight excluding hydrogens is 973 g/mol. The van der Waals surface area contributed by atoms with Gasteiger partial charge in [-0.25, -0.2) is 0 Å². The monoisotopic (exact) mass is 1090 g/mol. The van der Waals surface area contributed by atoms with Crippen LogP contribution in [0.25, 0.3) is 0 Å². The summed E-state index contributed by atoms with van der Waals surface area (Å²) in [6, 6.07) is 0. The van der Waals surface area contributed by atoms with Gasteiger partial charge in [-0.05, 0) is 135 Å². The van der Waals surface area contributed by atoms with Crippen LogP contribution in [0.5, 0.6) is 0 Å². The topological polar surface area (TPSA) is 78.9 Å². The molecule has 0 saturated carbocycles. The third-order valence-electron chi connectivity index (χ3n) is 13.6.